The fourth-order valence-electron chi connectivity index (χ4n) is 2.20. The summed E-state index contributed by atoms with van der Waals surface area (Å²) in [5, 5.41) is 9.53. The quantitative estimate of drug-likeness (QED) is 0.746. The van der Waals surface area contributed by atoms with Gasteiger partial charge in [-0.2, -0.15) is 0 Å². The van der Waals surface area contributed by atoms with E-state index in [9.17, 15) is 9.50 Å². The highest BCUT2D eigenvalue weighted by Gasteiger charge is 2.17. The highest BCUT2D eigenvalue weighted by Crippen LogP contribution is 2.16. The summed E-state index contributed by atoms with van der Waals surface area (Å²) >= 11 is 0. The van der Waals surface area contributed by atoms with Crippen molar-refractivity contribution < 1.29 is 9.50 Å². The molecule has 1 aromatic carbocycles. The van der Waals surface area contributed by atoms with E-state index < -0.39 is 0 Å². The molecule has 88 valence electrons. The SMILES string of the molecule is Nc1cc(F)cc(CN2CCCC(O)C2)c1. The van der Waals surface area contributed by atoms with Crippen molar-refractivity contribution in [3.63, 3.8) is 0 Å². The molecule has 4 heteroatoms. The molecule has 0 aliphatic carbocycles. The minimum absolute atomic E-state index is 0.250. The zero-order valence-corrected chi connectivity index (χ0v) is 9.19. The van der Waals surface area contributed by atoms with Crippen LogP contribution in [0.2, 0.25) is 0 Å². The number of benzene rings is 1. The van der Waals surface area contributed by atoms with Crippen LogP contribution in [0.1, 0.15) is 18.4 Å². The number of anilines is 1. The minimum atomic E-state index is -0.299. The van der Waals surface area contributed by atoms with Crippen LogP contribution in [0.3, 0.4) is 0 Å². The summed E-state index contributed by atoms with van der Waals surface area (Å²) in [5.74, 6) is -0.299. The molecule has 1 unspecified atom stereocenters. The van der Waals surface area contributed by atoms with Crippen molar-refractivity contribution in [1.29, 1.82) is 0 Å². The third-order valence-corrected chi connectivity index (χ3v) is 2.87. The molecule has 1 saturated heterocycles. The van der Waals surface area contributed by atoms with Gasteiger partial charge in [0, 0.05) is 18.8 Å². The molecule has 0 amide bonds. The molecule has 0 spiro atoms. The Bertz CT molecular complexity index is 350. The van der Waals surface area contributed by atoms with E-state index in [0.717, 1.165) is 24.9 Å². The van der Waals surface area contributed by atoms with Gasteiger partial charge in [-0.1, -0.05) is 0 Å². The Balaban J connectivity index is 2.02. The molecule has 0 aromatic heterocycles. The van der Waals surface area contributed by atoms with E-state index in [2.05, 4.69) is 4.90 Å². The van der Waals surface area contributed by atoms with Gasteiger partial charge in [-0.3, -0.25) is 4.90 Å². The predicted octanol–water partition coefficient (Wildman–Crippen LogP) is 1.36. The maximum absolute atomic E-state index is 13.1. The highest BCUT2D eigenvalue weighted by atomic mass is 19.1. The number of halogens is 1. The molecule has 16 heavy (non-hydrogen) atoms. The van der Waals surface area contributed by atoms with Crippen LogP contribution in [-0.4, -0.2) is 29.2 Å². The van der Waals surface area contributed by atoms with Crippen LogP contribution in [0.4, 0.5) is 10.1 Å². The summed E-state index contributed by atoms with van der Waals surface area (Å²) in [7, 11) is 0. The molecule has 2 rings (SSSR count). The van der Waals surface area contributed by atoms with Gasteiger partial charge in [0.05, 0.1) is 6.10 Å². The minimum Gasteiger partial charge on any atom is -0.399 e. The molecule has 1 fully saturated rings. The van der Waals surface area contributed by atoms with E-state index in [1.165, 1.54) is 12.1 Å². The molecule has 3 nitrogen and oxygen atoms in total. The van der Waals surface area contributed by atoms with Crippen molar-refractivity contribution in [2.75, 3.05) is 18.8 Å². The average molecular weight is 224 g/mol. The van der Waals surface area contributed by atoms with Crippen molar-refractivity contribution >= 4 is 5.69 Å². The van der Waals surface area contributed by atoms with Crippen molar-refractivity contribution in [3.8, 4) is 0 Å². The first kappa shape index (κ1) is 11.4. The number of aliphatic hydroxyl groups excluding tert-OH is 1. The fraction of sp³-hybridized carbons (Fsp3) is 0.500. The van der Waals surface area contributed by atoms with E-state index >= 15 is 0 Å². The van der Waals surface area contributed by atoms with Gasteiger partial charge >= 0.3 is 0 Å². The number of nitrogens with zero attached hydrogens (tertiary/aromatic N) is 1. The molecule has 1 aliphatic heterocycles. The second-order valence-corrected chi connectivity index (χ2v) is 4.42. The number of likely N-dealkylation sites (tertiary alicyclic amines) is 1. The number of hydrogen-bond donors (Lipinski definition) is 2. The van der Waals surface area contributed by atoms with Crippen molar-refractivity contribution in [2.24, 2.45) is 0 Å². The lowest BCUT2D eigenvalue weighted by atomic mass is 10.1. The van der Waals surface area contributed by atoms with E-state index in [1.54, 1.807) is 6.07 Å². The number of aliphatic hydroxyl groups is 1. The van der Waals surface area contributed by atoms with Crippen LogP contribution in [0.5, 0.6) is 0 Å². The normalized spacial score (nSPS) is 22.2. The molecule has 1 aliphatic rings. The third-order valence-electron chi connectivity index (χ3n) is 2.87. The van der Waals surface area contributed by atoms with Gasteiger partial charge in [0.25, 0.3) is 0 Å². The lowest BCUT2D eigenvalue weighted by molar-refractivity contribution is 0.0668. The molecule has 1 aromatic rings. The Morgan fingerprint density at radius 3 is 2.94 bits per heavy atom. The summed E-state index contributed by atoms with van der Waals surface area (Å²) in [4.78, 5) is 2.13. The highest BCUT2D eigenvalue weighted by molar-refractivity contribution is 5.41. The average Bonchev–Trinajstić information content (AvgIpc) is 2.15. The fourth-order valence-corrected chi connectivity index (χ4v) is 2.20. The summed E-state index contributed by atoms with van der Waals surface area (Å²) in [6.07, 6.45) is 1.60. The van der Waals surface area contributed by atoms with Gasteiger partial charge in [0.15, 0.2) is 0 Å². The number of rotatable bonds is 2. The molecule has 3 N–H and O–H groups in total. The molecular formula is C12H17FN2O. The number of nitrogen functional groups attached to an aromatic ring is 1. The third kappa shape index (κ3) is 2.93. The Morgan fingerprint density at radius 2 is 2.25 bits per heavy atom. The van der Waals surface area contributed by atoms with Gasteiger partial charge in [-0.15, -0.1) is 0 Å². The Labute approximate surface area is 94.7 Å². The summed E-state index contributed by atoms with van der Waals surface area (Å²) in [6, 6.07) is 4.59. The zero-order valence-electron chi connectivity index (χ0n) is 9.19. The van der Waals surface area contributed by atoms with Crippen LogP contribution in [0, 0.1) is 5.82 Å². The number of piperidine rings is 1. The first-order valence-electron chi connectivity index (χ1n) is 5.59. The summed E-state index contributed by atoms with van der Waals surface area (Å²) in [6.45, 7) is 2.27. The van der Waals surface area contributed by atoms with Gasteiger partial charge in [0.2, 0.25) is 0 Å². The maximum atomic E-state index is 13.1. The summed E-state index contributed by atoms with van der Waals surface area (Å²) in [5.41, 5.74) is 6.90. The molecule has 1 atom stereocenters. The topological polar surface area (TPSA) is 49.5 Å². The van der Waals surface area contributed by atoms with Gasteiger partial charge in [0.1, 0.15) is 5.82 Å². The first-order chi connectivity index (χ1) is 7.63. The maximum Gasteiger partial charge on any atom is 0.125 e. The van der Waals surface area contributed by atoms with E-state index in [1.807, 2.05) is 0 Å². The van der Waals surface area contributed by atoms with E-state index in [4.69, 9.17) is 5.73 Å². The molecular weight excluding hydrogens is 207 g/mol. The standard InChI is InChI=1S/C12H17FN2O/c13-10-4-9(5-11(14)6-10)7-15-3-1-2-12(16)8-15/h4-6,12,16H,1-3,7-8,14H2. The van der Waals surface area contributed by atoms with E-state index in [-0.39, 0.29) is 11.9 Å². The first-order valence-corrected chi connectivity index (χ1v) is 5.59. The van der Waals surface area contributed by atoms with E-state index in [0.29, 0.717) is 18.8 Å². The lowest BCUT2D eigenvalue weighted by Crippen LogP contribution is -2.37. The lowest BCUT2D eigenvalue weighted by Gasteiger charge is -2.30. The predicted molar refractivity (Wildman–Crippen MR) is 61.3 cm³/mol. The Kier molecular flexibility index (Phi) is 3.41. The summed E-state index contributed by atoms with van der Waals surface area (Å²) < 4.78 is 13.1. The largest absolute Gasteiger partial charge is 0.399 e. The second kappa shape index (κ2) is 4.80. The van der Waals surface area contributed by atoms with Crippen LogP contribution in [0.15, 0.2) is 18.2 Å². The van der Waals surface area contributed by atoms with Crippen LogP contribution < -0.4 is 5.73 Å². The monoisotopic (exact) mass is 224 g/mol. The van der Waals surface area contributed by atoms with Crippen LogP contribution in [-0.2, 0) is 6.54 Å². The van der Waals surface area contributed by atoms with Crippen LogP contribution in [0.25, 0.3) is 0 Å². The van der Waals surface area contributed by atoms with Crippen LogP contribution >= 0.6 is 0 Å². The smallest absolute Gasteiger partial charge is 0.125 e. The van der Waals surface area contributed by atoms with Gasteiger partial charge in [-0.05, 0) is 43.1 Å². The van der Waals surface area contributed by atoms with Crippen molar-refractivity contribution in [2.45, 2.75) is 25.5 Å². The number of β-amino-alcohol motifs (C(OH)–C–C–N with tert-alkyl or cyclic N) is 1. The number of hydrogen-bond acceptors (Lipinski definition) is 3. The van der Waals surface area contributed by atoms with Gasteiger partial charge < -0.3 is 10.8 Å². The molecule has 0 radical (unpaired) electrons. The Morgan fingerprint density at radius 1 is 1.44 bits per heavy atom. The molecule has 0 saturated carbocycles. The van der Waals surface area contributed by atoms with Gasteiger partial charge in [-0.25, -0.2) is 4.39 Å². The van der Waals surface area contributed by atoms with Crippen molar-refractivity contribution in [3.05, 3.63) is 29.6 Å². The number of nitrogens with two attached hydrogens (primary N) is 1. The second-order valence-electron chi connectivity index (χ2n) is 4.42. The van der Waals surface area contributed by atoms with Crippen molar-refractivity contribution in [1.82, 2.24) is 4.90 Å². The zero-order chi connectivity index (χ0) is 11.5. The Hall–Kier alpha value is -1.13. The molecule has 1 heterocycles. The molecule has 0 bridgehead atoms.